The Balaban J connectivity index is 1.70. The van der Waals surface area contributed by atoms with E-state index in [0.29, 0.717) is 35.6 Å². The highest BCUT2D eigenvalue weighted by Gasteiger charge is 2.34. The van der Waals surface area contributed by atoms with Crippen LogP contribution in [0.5, 0.6) is 5.75 Å². The van der Waals surface area contributed by atoms with Crippen LogP contribution in [0.3, 0.4) is 0 Å². The number of halogens is 2. The van der Waals surface area contributed by atoms with E-state index in [0.717, 1.165) is 15.4 Å². The topological polar surface area (TPSA) is 92.1 Å². The lowest BCUT2D eigenvalue weighted by molar-refractivity contribution is -0.141. The third-order valence-electron chi connectivity index (χ3n) is 5.34. The van der Waals surface area contributed by atoms with Crippen molar-refractivity contribution in [2.45, 2.75) is 32.2 Å². The van der Waals surface area contributed by atoms with E-state index in [4.69, 9.17) is 21.4 Å². The number of hydrogen-bond donors (Lipinski definition) is 1. The maximum absolute atomic E-state index is 12.9. The zero-order valence-corrected chi connectivity index (χ0v) is 20.1. The molecule has 3 aromatic rings. The van der Waals surface area contributed by atoms with Crippen molar-refractivity contribution in [3.63, 3.8) is 0 Å². The van der Waals surface area contributed by atoms with Gasteiger partial charge in [-0.3, -0.25) is 9.59 Å². The van der Waals surface area contributed by atoms with Crippen molar-refractivity contribution < 1.29 is 19.4 Å². The molecule has 0 spiro atoms. The molecule has 0 fully saturated rings. The molecule has 1 aliphatic heterocycles. The van der Waals surface area contributed by atoms with Crippen molar-refractivity contribution in [3.05, 3.63) is 69.3 Å². The summed E-state index contributed by atoms with van der Waals surface area (Å²) in [7, 11) is 0. The first-order valence-corrected chi connectivity index (χ1v) is 11.6. The molecule has 2 aromatic carbocycles. The molecule has 0 bridgehead atoms. The van der Waals surface area contributed by atoms with E-state index in [-0.39, 0.29) is 29.9 Å². The summed E-state index contributed by atoms with van der Waals surface area (Å²) in [5.74, 6) is -0.670. The summed E-state index contributed by atoms with van der Waals surface area (Å²) in [6, 6.07) is 14.8. The lowest BCUT2D eigenvalue weighted by Gasteiger charge is -2.22. The number of hydrogen-bond acceptors (Lipinski definition) is 5. The Morgan fingerprint density at radius 1 is 1.18 bits per heavy atom. The molecule has 0 saturated carbocycles. The van der Waals surface area contributed by atoms with Crippen LogP contribution < -0.4 is 4.74 Å². The number of carboxylic acid groups (broad SMARTS) is 1. The van der Waals surface area contributed by atoms with Gasteiger partial charge >= 0.3 is 5.97 Å². The first kappa shape index (κ1) is 23.2. The predicted molar refractivity (Wildman–Crippen MR) is 130 cm³/mol. The van der Waals surface area contributed by atoms with Gasteiger partial charge in [0.05, 0.1) is 30.3 Å². The molecule has 1 aromatic heterocycles. The van der Waals surface area contributed by atoms with Gasteiger partial charge in [0.1, 0.15) is 10.9 Å². The lowest BCUT2D eigenvalue weighted by Crippen LogP contribution is -2.27. The van der Waals surface area contributed by atoms with Crippen molar-refractivity contribution in [2.24, 2.45) is 5.10 Å². The van der Waals surface area contributed by atoms with E-state index in [1.54, 1.807) is 0 Å². The second kappa shape index (κ2) is 9.89. The third-order valence-corrected chi connectivity index (χ3v) is 6.15. The van der Waals surface area contributed by atoms with Crippen molar-refractivity contribution in [2.75, 3.05) is 6.61 Å². The van der Waals surface area contributed by atoms with E-state index < -0.39 is 5.97 Å². The number of carbonyl (C=O) groups is 2. The average Bonchev–Trinajstić information content (AvgIpc) is 3.23. The van der Waals surface area contributed by atoms with Crippen LogP contribution in [0.4, 0.5) is 0 Å². The molecular formula is C24H21BrClN3O4. The highest BCUT2D eigenvalue weighted by atomic mass is 79.9. The molecule has 170 valence electrons. The standard InChI is InChI=1S/C24H21BrClN3O4/c1-2-33-17-8-5-15-11-18(24(26)27-19(15)12-17)20-13-21(14-3-6-16(25)7-4-14)29(28-20)22(30)9-10-23(31)32/h3-8,11-12,21H,2,9-10,13H2,1H3,(H,31,32)/t21-/m0/s1. The molecule has 1 atom stereocenters. The Morgan fingerprint density at radius 2 is 1.94 bits per heavy atom. The molecule has 1 amide bonds. The molecule has 33 heavy (non-hydrogen) atoms. The van der Waals surface area contributed by atoms with Gasteiger partial charge in [0.2, 0.25) is 5.91 Å². The van der Waals surface area contributed by atoms with E-state index in [9.17, 15) is 9.59 Å². The smallest absolute Gasteiger partial charge is 0.303 e. The minimum absolute atomic E-state index is 0.136. The summed E-state index contributed by atoms with van der Waals surface area (Å²) in [5.41, 5.74) is 2.86. The van der Waals surface area contributed by atoms with Gasteiger partial charge in [0, 0.05) is 34.3 Å². The Hall–Kier alpha value is -2.97. The number of benzene rings is 2. The molecule has 0 aliphatic carbocycles. The van der Waals surface area contributed by atoms with Crippen molar-refractivity contribution in [1.29, 1.82) is 0 Å². The summed E-state index contributed by atoms with van der Waals surface area (Å²) in [4.78, 5) is 28.4. The Kier molecular flexibility index (Phi) is 6.95. The van der Waals surface area contributed by atoms with Gasteiger partial charge in [-0.2, -0.15) is 5.10 Å². The second-order valence-electron chi connectivity index (χ2n) is 7.56. The molecule has 9 heteroatoms. The highest BCUT2D eigenvalue weighted by Crippen LogP contribution is 2.36. The van der Waals surface area contributed by atoms with E-state index in [2.05, 4.69) is 26.0 Å². The van der Waals surface area contributed by atoms with Crippen LogP contribution >= 0.6 is 27.5 Å². The first-order valence-electron chi connectivity index (χ1n) is 10.5. The minimum atomic E-state index is -1.03. The number of carbonyl (C=O) groups excluding carboxylic acids is 1. The largest absolute Gasteiger partial charge is 0.494 e. The van der Waals surface area contributed by atoms with Crippen molar-refractivity contribution in [1.82, 2.24) is 9.99 Å². The molecule has 1 aliphatic rings. The summed E-state index contributed by atoms with van der Waals surface area (Å²) in [6.45, 7) is 2.47. The fourth-order valence-corrected chi connectivity index (χ4v) is 4.28. The Labute approximate surface area is 204 Å². The third kappa shape index (κ3) is 5.17. The fraction of sp³-hybridized carbons (Fsp3) is 0.250. The van der Waals surface area contributed by atoms with Gasteiger partial charge < -0.3 is 9.84 Å². The zero-order valence-electron chi connectivity index (χ0n) is 17.8. The highest BCUT2D eigenvalue weighted by molar-refractivity contribution is 9.10. The van der Waals surface area contributed by atoms with Gasteiger partial charge in [0.25, 0.3) is 0 Å². The number of rotatable bonds is 7. The Bertz CT molecular complexity index is 1250. The lowest BCUT2D eigenvalue weighted by atomic mass is 9.98. The minimum Gasteiger partial charge on any atom is -0.494 e. The maximum Gasteiger partial charge on any atom is 0.303 e. The number of amides is 1. The van der Waals surface area contributed by atoms with Gasteiger partial charge in [-0.15, -0.1) is 0 Å². The number of aliphatic carboxylic acids is 1. The molecule has 0 radical (unpaired) electrons. The van der Waals surface area contributed by atoms with Crippen LogP contribution in [0.15, 0.2) is 58.1 Å². The van der Waals surface area contributed by atoms with E-state index >= 15 is 0 Å². The number of pyridine rings is 1. The maximum atomic E-state index is 12.9. The van der Waals surface area contributed by atoms with Gasteiger partial charge in [-0.25, -0.2) is 9.99 Å². The number of hydrazone groups is 1. The van der Waals surface area contributed by atoms with Crippen LogP contribution in [-0.2, 0) is 9.59 Å². The van der Waals surface area contributed by atoms with Gasteiger partial charge in [-0.1, -0.05) is 39.7 Å². The van der Waals surface area contributed by atoms with E-state index in [1.807, 2.05) is 55.5 Å². The van der Waals surface area contributed by atoms with Crippen molar-refractivity contribution >= 4 is 56.0 Å². The van der Waals surface area contributed by atoms with E-state index in [1.165, 1.54) is 5.01 Å². The van der Waals surface area contributed by atoms with Gasteiger partial charge in [-0.05, 0) is 42.8 Å². The zero-order chi connectivity index (χ0) is 23.5. The van der Waals surface area contributed by atoms with Crippen LogP contribution in [0, 0.1) is 0 Å². The summed E-state index contributed by atoms with van der Waals surface area (Å²) in [5, 5.41) is 16.1. The van der Waals surface area contributed by atoms with Gasteiger partial charge in [0.15, 0.2) is 0 Å². The number of ether oxygens (including phenoxy) is 1. The van der Waals surface area contributed by atoms with Crippen LogP contribution in [-0.4, -0.2) is 39.3 Å². The first-order chi connectivity index (χ1) is 15.9. The van der Waals surface area contributed by atoms with Crippen LogP contribution in [0.1, 0.15) is 43.4 Å². The molecular weight excluding hydrogens is 510 g/mol. The molecule has 1 N–H and O–H groups in total. The average molecular weight is 531 g/mol. The molecule has 0 unspecified atom stereocenters. The summed E-state index contributed by atoms with van der Waals surface area (Å²) in [6.07, 6.45) is 0.0428. The summed E-state index contributed by atoms with van der Waals surface area (Å²) < 4.78 is 6.46. The molecule has 4 rings (SSSR count). The number of fused-ring (bicyclic) bond motifs is 1. The molecule has 0 saturated heterocycles. The number of nitrogens with zero attached hydrogens (tertiary/aromatic N) is 3. The molecule has 2 heterocycles. The summed E-state index contributed by atoms with van der Waals surface area (Å²) >= 11 is 9.96. The second-order valence-corrected chi connectivity index (χ2v) is 8.84. The molecule has 7 nitrogen and oxygen atoms in total. The monoisotopic (exact) mass is 529 g/mol. The normalized spacial score (nSPS) is 15.5. The Morgan fingerprint density at radius 3 is 2.64 bits per heavy atom. The quantitative estimate of drug-likeness (QED) is 0.402. The predicted octanol–water partition coefficient (Wildman–Crippen LogP) is 5.59. The number of carboxylic acids is 1. The number of aromatic nitrogens is 1. The van der Waals surface area contributed by atoms with Crippen LogP contribution in [0.25, 0.3) is 10.9 Å². The van der Waals surface area contributed by atoms with Crippen LogP contribution in [0.2, 0.25) is 5.15 Å². The SMILES string of the molecule is CCOc1ccc2cc(C3=NN(C(=O)CCC(=O)O)[C@H](c4ccc(Br)cc4)C3)c(Cl)nc2c1. The van der Waals surface area contributed by atoms with Crippen molar-refractivity contribution in [3.8, 4) is 5.75 Å². The fourth-order valence-electron chi connectivity index (χ4n) is 3.76.